The number of Topliss-reactive ketones (excluding diaryl/α,β-unsaturated/α-hetero) is 1. The number of hydrogen-bond acceptors (Lipinski definition) is 2. The van der Waals surface area contributed by atoms with Crippen LogP contribution in [0.25, 0.3) is 0 Å². The average Bonchev–Trinajstić information content (AvgIpc) is 2.47. The molecule has 116 valence electrons. The molecular formula is C19H21ClO2. The summed E-state index contributed by atoms with van der Waals surface area (Å²) in [5.74, 6) is 1.59. The fourth-order valence-electron chi connectivity index (χ4n) is 2.13. The number of para-hydroxylation sites is 1. The second kappa shape index (κ2) is 6.97. The molecule has 0 N–H and O–H groups in total. The van der Waals surface area contributed by atoms with Gasteiger partial charge in [0.1, 0.15) is 11.5 Å². The molecule has 0 aliphatic rings. The Labute approximate surface area is 137 Å². The Morgan fingerprint density at radius 1 is 1.05 bits per heavy atom. The van der Waals surface area contributed by atoms with Crippen LogP contribution in [0.3, 0.4) is 0 Å². The highest BCUT2D eigenvalue weighted by atomic mass is 35.5. The number of alkyl halides is 1. The summed E-state index contributed by atoms with van der Waals surface area (Å²) in [6, 6.07) is 17.3. The third-order valence-electron chi connectivity index (χ3n) is 3.32. The van der Waals surface area contributed by atoms with Gasteiger partial charge in [0.2, 0.25) is 0 Å². The highest BCUT2D eigenvalue weighted by Gasteiger charge is 2.28. The van der Waals surface area contributed by atoms with Crippen LogP contribution < -0.4 is 4.74 Å². The van der Waals surface area contributed by atoms with E-state index in [1.807, 2.05) is 75.4 Å². The van der Waals surface area contributed by atoms with E-state index in [0.29, 0.717) is 6.42 Å². The van der Waals surface area contributed by atoms with E-state index in [4.69, 9.17) is 16.3 Å². The van der Waals surface area contributed by atoms with E-state index >= 15 is 0 Å². The topological polar surface area (TPSA) is 26.3 Å². The van der Waals surface area contributed by atoms with Crippen molar-refractivity contribution >= 4 is 17.4 Å². The lowest BCUT2D eigenvalue weighted by Gasteiger charge is -2.20. The van der Waals surface area contributed by atoms with Crippen LogP contribution in [0.4, 0.5) is 0 Å². The maximum atomic E-state index is 12.2. The highest BCUT2D eigenvalue weighted by molar-refractivity contribution is 6.31. The Balaban J connectivity index is 2.07. The van der Waals surface area contributed by atoms with E-state index in [1.54, 1.807) is 0 Å². The lowest BCUT2D eigenvalue weighted by Crippen LogP contribution is -2.30. The van der Waals surface area contributed by atoms with Gasteiger partial charge in [-0.05, 0) is 36.2 Å². The number of carbonyl (C=O) groups excluding carboxylic acids is 1. The number of ketones is 1. The van der Waals surface area contributed by atoms with Crippen molar-refractivity contribution in [2.45, 2.75) is 32.6 Å². The van der Waals surface area contributed by atoms with Crippen molar-refractivity contribution in [2.75, 3.05) is 0 Å². The quantitative estimate of drug-likeness (QED) is 0.705. The van der Waals surface area contributed by atoms with Gasteiger partial charge in [0.05, 0.1) is 5.38 Å². The van der Waals surface area contributed by atoms with Crippen LogP contribution in [0.15, 0.2) is 54.6 Å². The molecule has 0 aliphatic carbocycles. The Bertz CT molecular complexity index is 629. The van der Waals surface area contributed by atoms with Crippen LogP contribution in [0.1, 0.15) is 26.3 Å². The molecule has 0 spiro atoms. The third kappa shape index (κ3) is 4.60. The molecule has 0 amide bonds. The van der Waals surface area contributed by atoms with Crippen molar-refractivity contribution in [1.29, 1.82) is 0 Å². The number of hydrogen-bond donors (Lipinski definition) is 0. The van der Waals surface area contributed by atoms with Gasteiger partial charge in [-0.25, -0.2) is 0 Å². The van der Waals surface area contributed by atoms with Gasteiger partial charge in [-0.1, -0.05) is 51.1 Å². The first kappa shape index (κ1) is 16.6. The van der Waals surface area contributed by atoms with E-state index in [0.717, 1.165) is 17.1 Å². The fourth-order valence-corrected chi connectivity index (χ4v) is 2.64. The second-order valence-corrected chi connectivity index (χ2v) is 6.88. The minimum atomic E-state index is -0.521. The maximum absolute atomic E-state index is 12.2. The van der Waals surface area contributed by atoms with Gasteiger partial charge in [-0.15, -0.1) is 11.6 Å². The lowest BCUT2D eigenvalue weighted by molar-refractivity contribution is -0.125. The number of rotatable bonds is 5. The van der Waals surface area contributed by atoms with Crippen LogP contribution >= 0.6 is 11.6 Å². The molecule has 0 aromatic heterocycles. The zero-order valence-electron chi connectivity index (χ0n) is 13.2. The average molecular weight is 317 g/mol. The molecular weight excluding hydrogens is 296 g/mol. The van der Waals surface area contributed by atoms with Gasteiger partial charge in [0.25, 0.3) is 0 Å². The molecule has 0 radical (unpaired) electrons. The summed E-state index contributed by atoms with van der Waals surface area (Å²) in [4.78, 5) is 12.2. The van der Waals surface area contributed by atoms with E-state index in [1.165, 1.54) is 0 Å². The summed E-state index contributed by atoms with van der Waals surface area (Å²) >= 11 is 6.27. The molecule has 2 rings (SSSR count). The summed E-state index contributed by atoms with van der Waals surface area (Å²) < 4.78 is 5.80. The molecule has 3 heteroatoms. The van der Waals surface area contributed by atoms with Crippen LogP contribution in [0.2, 0.25) is 0 Å². The van der Waals surface area contributed by atoms with Crippen LogP contribution in [0, 0.1) is 5.41 Å². The molecule has 0 bridgehead atoms. The summed E-state index contributed by atoms with van der Waals surface area (Å²) in [6.45, 7) is 5.67. The van der Waals surface area contributed by atoms with Crippen molar-refractivity contribution < 1.29 is 9.53 Å². The summed E-state index contributed by atoms with van der Waals surface area (Å²) in [7, 11) is 0. The van der Waals surface area contributed by atoms with Crippen LogP contribution in [-0.2, 0) is 11.2 Å². The minimum absolute atomic E-state index is 0.0588. The lowest BCUT2D eigenvalue weighted by atomic mass is 9.87. The zero-order valence-corrected chi connectivity index (χ0v) is 13.9. The largest absolute Gasteiger partial charge is 0.457 e. The van der Waals surface area contributed by atoms with Gasteiger partial charge in [-0.2, -0.15) is 0 Å². The molecule has 0 saturated heterocycles. The van der Waals surface area contributed by atoms with Gasteiger partial charge in [0.15, 0.2) is 5.78 Å². The van der Waals surface area contributed by atoms with Crippen molar-refractivity contribution in [3.63, 3.8) is 0 Å². The molecule has 0 fully saturated rings. The zero-order chi connectivity index (χ0) is 16.2. The fraction of sp³-hybridized carbons (Fsp3) is 0.316. The Kier molecular flexibility index (Phi) is 5.25. The predicted molar refractivity (Wildman–Crippen MR) is 90.8 cm³/mol. The second-order valence-electron chi connectivity index (χ2n) is 6.35. The smallest absolute Gasteiger partial charge is 0.156 e. The molecule has 1 unspecified atom stereocenters. The third-order valence-corrected chi connectivity index (χ3v) is 3.67. The summed E-state index contributed by atoms with van der Waals surface area (Å²) in [5.41, 5.74) is 0.566. The molecule has 2 nitrogen and oxygen atoms in total. The van der Waals surface area contributed by atoms with E-state index in [-0.39, 0.29) is 5.78 Å². The Hall–Kier alpha value is -1.80. The van der Waals surface area contributed by atoms with Crippen molar-refractivity contribution in [3.8, 4) is 11.5 Å². The maximum Gasteiger partial charge on any atom is 0.156 e. The van der Waals surface area contributed by atoms with Gasteiger partial charge in [-0.3, -0.25) is 4.79 Å². The molecule has 0 saturated carbocycles. The van der Waals surface area contributed by atoms with E-state index in [2.05, 4.69) is 0 Å². The Morgan fingerprint density at radius 2 is 1.68 bits per heavy atom. The molecule has 0 heterocycles. The molecule has 0 aliphatic heterocycles. The molecule has 2 aromatic rings. The summed E-state index contributed by atoms with van der Waals surface area (Å²) in [5, 5.41) is -0.521. The van der Waals surface area contributed by atoms with Crippen molar-refractivity contribution in [1.82, 2.24) is 0 Å². The highest BCUT2D eigenvalue weighted by Crippen LogP contribution is 2.25. The Morgan fingerprint density at radius 3 is 2.32 bits per heavy atom. The van der Waals surface area contributed by atoms with Crippen LogP contribution in [0.5, 0.6) is 11.5 Å². The number of halogens is 1. The standard InChI is InChI=1S/C19H21ClO2/c1-19(2,3)18(21)17(20)13-14-8-7-11-16(12-14)22-15-9-5-4-6-10-15/h4-12,17H,13H2,1-3H3. The minimum Gasteiger partial charge on any atom is -0.457 e. The van der Waals surface area contributed by atoms with E-state index < -0.39 is 10.8 Å². The number of carbonyl (C=O) groups is 1. The predicted octanol–water partition coefficient (Wildman–Crippen LogP) is 5.24. The van der Waals surface area contributed by atoms with Crippen LogP contribution in [-0.4, -0.2) is 11.2 Å². The van der Waals surface area contributed by atoms with Crippen molar-refractivity contribution in [2.24, 2.45) is 5.41 Å². The normalized spacial score (nSPS) is 12.7. The number of ether oxygens (including phenoxy) is 1. The van der Waals surface area contributed by atoms with Crippen molar-refractivity contribution in [3.05, 3.63) is 60.2 Å². The van der Waals surface area contributed by atoms with Gasteiger partial charge >= 0.3 is 0 Å². The van der Waals surface area contributed by atoms with Gasteiger partial charge < -0.3 is 4.74 Å². The number of benzene rings is 2. The SMILES string of the molecule is CC(C)(C)C(=O)C(Cl)Cc1cccc(Oc2ccccc2)c1. The molecule has 22 heavy (non-hydrogen) atoms. The van der Waals surface area contributed by atoms with E-state index in [9.17, 15) is 4.79 Å². The first-order valence-corrected chi connectivity index (χ1v) is 7.80. The molecule has 2 aromatic carbocycles. The first-order chi connectivity index (χ1) is 10.4. The molecule has 1 atom stereocenters. The van der Waals surface area contributed by atoms with Gasteiger partial charge in [0, 0.05) is 5.41 Å². The first-order valence-electron chi connectivity index (χ1n) is 7.36. The monoisotopic (exact) mass is 316 g/mol. The summed E-state index contributed by atoms with van der Waals surface area (Å²) in [6.07, 6.45) is 0.504.